The van der Waals surface area contributed by atoms with Crippen LogP contribution >= 0.6 is 0 Å². The van der Waals surface area contributed by atoms with Crippen LogP contribution in [0.5, 0.6) is 0 Å². The van der Waals surface area contributed by atoms with Gasteiger partial charge in [0, 0.05) is 24.8 Å². The van der Waals surface area contributed by atoms with Gasteiger partial charge in [-0.3, -0.25) is 9.59 Å². The predicted molar refractivity (Wildman–Crippen MR) is 124 cm³/mol. The minimum absolute atomic E-state index is 0.0999. The summed E-state index contributed by atoms with van der Waals surface area (Å²) in [6.45, 7) is 2.45. The molecule has 0 saturated carbocycles. The number of hydrogen-bond donors (Lipinski definition) is 1. The van der Waals surface area contributed by atoms with Gasteiger partial charge in [-0.2, -0.15) is 0 Å². The summed E-state index contributed by atoms with van der Waals surface area (Å²) in [6, 6.07) is 15.4. The van der Waals surface area contributed by atoms with E-state index >= 15 is 0 Å². The summed E-state index contributed by atoms with van der Waals surface area (Å²) in [5.74, 6) is -0.0566. The van der Waals surface area contributed by atoms with Crippen LogP contribution in [0.1, 0.15) is 59.2 Å². The number of anilines is 1. The fourth-order valence-electron chi connectivity index (χ4n) is 4.14. The number of piperidine rings is 1. The minimum atomic E-state index is -0.368. The zero-order valence-corrected chi connectivity index (χ0v) is 18.6. The molecule has 2 amide bonds. The van der Waals surface area contributed by atoms with Crippen LogP contribution in [0.25, 0.3) is 0 Å². The zero-order chi connectivity index (χ0) is 23.2. The highest BCUT2D eigenvalue weighted by Gasteiger charge is 2.30. The third-order valence-corrected chi connectivity index (χ3v) is 5.94. The number of likely N-dealkylation sites (tertiary alicyclic amines) is 1. The Morgan fingerprint density at radius 3 is 2.58 bits per heavy atom. The van der Waals surface area contributed by atoms with Crippen molar-refractivity contribution in [2.24, 2.45) is 0 Å². The molecule has 0 aliphatic carbocycles. The number of halogens is 1. The maximum atomic E-state index is 13.1. The second-order valence-electron chi connectivity index (χ2n) is 8.27. The van der Waals surface area contributed by atoms with Gasteiger partial charge in [0.1, 0.15) is 5.82 Å². The lowest BCUT2D eigenvalue weighted by Gasteiger charge is -2.35. The van der Waals surface area contributed by atoms with Crippen molar-refractivity contribution in [1.29, 1.82) is 0 Å². The molecule has 1 N–H and O–H groups in total. The molecule has 1 fully saturated rings. The van der Waals surface area contributed by atoms with Crippen LogP contribution in [0.4, 0.5) is 10.1 Å². The van der Waals surface area contributed by atoms with Crippen LogP contribution in [0.15, 0.2) is 60.8 Å². The summed E-state index contributed by atoms with van der Waals surface area (Å²) in [4.78, 5) is 36.6. The van der Waals surface area contributed by atoms with Crippen LogP contribution in [-0.2, 0) is 11.2 Å². The first-order valence-electron chi connectivity index (χ1n) is 11.2. The van der Waals surface area contributed by atoms with Gasteiger partial charge in [-0.15, -0.1) is 0 Å². The maximum Gasteiger partial charge on any atom is 0.259 e. The Kier molecular flexibility index (Phi) is 7.07. The molecule has 0 radical (unpaired) electrons. The van der Waals surface area contributed by atoms with Gasteiger partial charge in [0.05, 0.1) is 17.3 Å². The lowest BCUT2D eigenvalue weighted by atomic mass is 9.99. The van der Waals surface area contributed by atoms with Crippen LogP contribution in [0.2, 0.25) is 0 Å². The van der Waals surface area contributed by atoms with E-state index in [1.807, 2.05) is 35.2 Å². The smallest absolute Gasteiger partial charge is 0.259 e. The monoisotopic (exact) mass is 446 g/mol. The molecule has 0 spiro atoms. The van der Waals surface area contributed by atoms with E-state index < -0.39 is 0 Å². The molecule has 3 aromatic rings. The van der Waals surface area contributed by atoms with E-state index in [1.165, 1.54) is 30.5 Å². The van der Waals surface area contributed by atoms with Gasteiger partial charge >= 0.3 is 0 Å². The largest absolute Gasteiger partial charge is 0.332 e. The average Bonchev–Trinajstić information content (AvgIpc) is 2.84. The number of rotatable bonds is 6. The predicted octanol–water partition coefficient (Wildman–Crippen LogP) is 4.86. The molecule has 0 bridgehead atoms. The van der Waals surface area contributed by atoms with Gasteiger partial charge in [-0.1, -0.05) is 30.3 Å². The van der Waals surface area contributed by atoms with Crippen molar-refractivity contribution in [3.63, 3.8) is 0 Å². The first-order chi connectivity index (χ1) is 16.0. The van der Waals surface area contributed by atoms with E-state index in [0.29, 0.717) is 42.2 Å². The Morgan fingerprint density at radius 2 is 1.85 bits per heavy atom. The zero-order valence-electron chi connectivity index (χ0n) is 18.6. The third kappa shape index (κ3) is 5.61. The molecule has 2 heterocycles. The summed E-state index contributed by atoms with van der Waals surface area (Å²) in [5.41, 5.74) is 2.53. The normalized spacial score (nSPS) is 15.8. The Bertz CT molecular complexity index is 1120. The van der Waals surface area contributed by atoms with Crippen molar-refractivity contribution in [1.82, 2.24) is 14.9 Å². The molecule has 1 atom stereocenters. The Morgan fingerprint density at radius 1 is 1.09 bits per heavy atom. The van der Waals surface area contributed by atoms with Crippen molar-refractivity contribution in [3.05, 3.63) is 89.3 Å². The van der Waals surface area contributed by atoms with Crippen molar-refractivity contribution >= 4 is 17.5 Å². The first kappa shape index (κ1) is 22.6. The van der Waals surface area contributed by atoms with Gasteiger partial charge in [0.25, 0.3) is 5.91 Å². The molecule has 4 rings (SSSR count). The lowest BCUT2D eigenvalue weighted by molar-refractivity contribution is -0.135. The highest BCUT2D eigenvalue weighted by Crippen LogP contribution is 2.30. The SMILES string of the molecule is Cc1nc(C2CCCCN2C(=O)CCc2ccccc2)ncc1C(=O)Nc1ccc(F)cc1. The number of amides is 2. The number of carbonyl (C=O) groups is 2. The Hall–Kier alpha value is -3.61. The van der Waals surface area contributed by atoms with Crippen molar-refractivity contribution < 1.29 is 14.0 Å². The molecule has 7 heteroatoms. The second-order valence-corrected chi connectivity index (χ2v) is 8.27. The Balaban J connectivity index is 1.46. The van der Waals surface area contributed by atoms with Crippen LogP contribution in [0.3, 0.4) is 0 Å². The molecule has 33 heavy (non-hydrogen) atoms. The molecular weight excluding hydrogens is 419 g/mol. The van der Waals surface area contributed by atoms with Crippen LogP contribution in [0, 0.1) is 12.7 Å². The fraction of sp³-hybridized carbons (Fsp3) is 0.308. The van der Waals surface area contributed by atoms with Gasteiger partial charge in [0.2, 0.25) is 5.91 Å². The lowest BCUT2D eigenvalue weighted by Crippen LogP contribution is -2.39. The molecule has 1 saturated heterocycles. The molecule has 1 unspecified atom stereocenters. The second kappa shape index (κ2) is 10.3. The summed E-state index contributed by atoms with van der Waals surface area (Å²) < 4.78 is 13.1. The van der Waals surface area contributed by atoms with E-state index in [9.17, 15) is 14.0 Å². The number of aromatic nitrogens is 2. The first-order valence-corrected chi connectivity index (χ1v) is 11.2. The standard InChI is InChI=1S/C26H27FN4O2/c1-18-22(26(33)30-21-13-11-20(27)12-14-21)17-28-25(29-18)23-9-5-6-16-31(23)24(32)15-10-19-7-3-2-4-8-19/h2-4,7-8,11-14,17,23H,5-6,9-10,15-16H2,1H3,(H,30,33). The average molecular weight is 447 g/mol. The fourth-order valence-corrected chi connectivity index (χ4v) is 4.14. The molecule has 1 aliphatic rings. The molecule has 6 nitrogen and oxygen atoms in total. The number of aryl methyl sites for hydroxylation is 2. The van der Waals surface area contributed by atoms with Crippen LogP contribution < -0.4 is 5.32 Å². The van der Waals surface area contributed by atoms with Crippen LogP contribution in [-0.4, -0.2) is 33.2 Å². The van der Waals surface area contributed by atoms with E-state index in [-0.39, 0.29) is 23.7 Å². The summed E-state index contributed by atoms with van der Waals surface area (Å²) in [7, 11) is 0. The topological polar surface area (TPSA) is 75.2 Å². The van der Waals surface area contributed by atoms with Crippen molar-refractivity contribution in [2.45, 2.75) is 45.1 Å². The summed E-state index contributed by atoms with van der Waals surface area (Å²) in [5, 5.41) is 2.73. The summed E-state index contributed by atoms with van der Waals surface area (Å²) >= 11 is 0. The van der Waals surface area contributed by atoms with Gasteiger partial charge in [-0.05, 0) is 62.4 Å². The molecular formula is C26H27FN4O2. The van der Waals surface area contributed by atoms with Crippen molar-refractivity contribution in [3.8, 4) is 0 Å². The molecule has 1 aromatic heterocycles. The number of nitrogens with one attached hydrogen (secondary N) is 1. The number of benzene rings is 2. The summed E-state index contributed by atoms with van der Waals surface area (Å²) in [6.07, 6.45) is 5.42. The van der Waals surface area contributed by atoms with E-state index in [0.717, 1.165) is 24.8 Å². The highest BCUT2D eigenvalue weighted by atomic mass is 19.1. The number of nitrogens with zero attached hydrogens (tertiary/aromatic N) is 3. The molecule has 1 aliphatic heterocycles. The van der Waals surface area contributed by atoms with Gasteiger partial charge in [0.15, 0.2) is 5.82 Å². The molecule has 2 aromatic carbocycles. The van der Waals surface area contributed by atoms with Crippen molar-refractivity contribution in [2.75, 3.05) is 11.9 Å². The number of carbonyl (C=O) groups excluding carboxylic acids is 2. The Labute approximate surface area is 192 Å². The van der Waals surface area contributed by atoms with Gasteiger partial charge in [-0.25, -0.2) is 14.4 Å². The van der Waals surface area contributed by atoms with E-state index in [2.05, 4.69) is 15.3 Å². The van der Waals surface area contributed by atoms with E-state index in [1.54, 1.807) is 6.92 Å². The number of hydrogen-bond acceptors (Lipinski definition) is 4. The maximum absolute atomic E-state index is 13.1. The quantitative estimate of drug-likeness (QED) is 0.587. The minimum Gasteiger partial charge on any atom is -0.332 e. The molecule has 170 valence electrons. The third-order valence-electron chi connectivity index (χ3n) is 5.94. The van der Waals surface area contributed by atoms with Gasteiger partial charge < -0.3 is 10.2 Å². The highest BCUT2D eigenvalue weighted by molar-refractivity contribution is 6.04. The van der Waals surface area contributed by atoms with E-state index in [4.69, 9.17) is 0 Å².